The fourth-order valence-electron chi connectivity index (χ4n) is 1.10. The van der Waals surface area contributed by atoms with Crippen LogP contribution >= 0.6 is 11.8 Å². The summed E-state index contributed by atoms with van der Waals surface area (Å²) in [5.41, 5.74) is 0.147. The van der Waals surface area contributed by atoms with E-state index in [-0.39, 0.29) is 23.7 Å². The van der Waals surface area contributed by atoms with Gasteiger partial charge in [-0.05, 0) is 24.3 Å². The van der Waals surface area contributed by atoms with Crippen molar-refractivity contribution in [1.82, 2.24) is 0 Å². The Balaban J connectivity index is 2.44. The molecule has 15 heavy (non-hydrogen) atoms. The summed E-state index contributed by atoms with van der Waals surface area (Å²) in [5, 5.41) is 8.53. The Morgan fingerprint density at radius 2 is 2.13 bits per heavy atom. The molecule has 0 spiro atoms. The highest BCUT2D eigenvalue weighted by atomic mass is 32.2. The van der Waals surface area contributed by atoms with Gasteiger partial charge in [-0.15, -0.1) is 0 Å². The van der Waals surface area contributed by atoms with E-state index in [9.17, 15) is 9.18 Å². The van der Waals surface area contributed by atoms with E-state index in [2.05, 4.69) is 0 Å². The molecule has 1 aromatic carbocycles. The van der Waals surface area contributed by atoms with E-state index in [1.807, 2.05) is 0 Å². The summed E-state index contributed by atoms with van der Waals surface area (Å²) in [6, 6.07) is 5.98. The number of hydrogen-bond acceptors (Lipinski definition) is 3. The minimum Gasteiger partial charge on any atom is -0.396 e. The van der Waals surface area contributed by atoms with Crippen LogP contribution in [0.2, 0.25) is 0 Å². The number of hydrogen-bond donors (Lipinski definition) is 1. The van der Waals surface area contributed by atoms with Gasteiger partial charge in [0.15, 0.2) is 5.78 Å². The summed E-state index contributed by atoms with van der Waals surface area (Å²) in [7, 11) is 0. The third kappa shape index (κ3) is 4.01. The number of thioether (sulfide) groups is 1. The number of halogens is 1. The number of ketones is 1. The van der Waals surface area contributed by atoms with Crippen molar-refractivity contribution in [2.24, 2.45) is 0 Å². The maximum atomic E-state index is 13.1. The highest BCUT2D eigenvalue weighted by molar-refractivity contribution is 7.99. The van der Waals surface area contributed by atoms with E-state index in [0.717, 1.165) is 5.75 Å². The molecule has 0 aliphatic rings. The third-order valence-electron chi connectivity index (χ3n) is 1.85. The van der Waals surface area contributed by atoms with E-state index in [0.29, 0.717) is 6.42 Å². The summed E-state index contributed by atoms with van der Waals surface area (Å²) in [6.45, 7) is 0.126. The predicted octanol–water partition coefficient (Wildman–Crippen LogP) is 2.12. The van der Waals surface area contributed by atoms with Crippen molar-refractivity contribution in [2.45, 2.75) is 6.42 Å². The summed E-state index contributed by atoms with van der Waals surface area (Å²) >= 11 is 1.41. The predicted molar refractivity (Wildman–Crippen MR) is 59.8 cm³/mol. The maximum Gasteiger partial charge on any atom is 0.175 e. The van der Waals surface area contributed by atoms with Crippen molar-refractivity contribution in [3.05, 3.63) is 35.6 Å². The molecule has 0 fully saturated rings. The first kappa shape index (κ1) is 12.2. The van der Waals surface area contributed by atoms with E-state index < -0.39 is 5.82 Å². The van der Waals surface area contributed by atoms with Crippen LogP contribution in [0.4, 0.5) is 4.39 Å². The van der Waals surface area contributed by atoms with Crippen LogP contribution in [0.25, 0.3) is 0 Å². The largest absolute Gasteiger partial charge is 0.396 e. The van der Waals surface area contributed by atoms with Crippen LogP contribution in [-0.4, -0.2) is 29.0 Å². The van der Waals surface area contributed by atoms with Crippen LogP contribution < -0.4 is 0 Å². The average molecular weight is 228 g/mol. The van der Waals surface area contributed by atoms with Crippen molar-refractivity contribution in [3.8, 4) is 0 Å². The quantitative estimate of drug-likeness (QED) is 0.598. The van der Waals surface area contributed by atoms with Gasteiger partial charge in [-0.3, -0.25) is 4.79 Å². The SMILES string of the molecule is O=C(CSCCCO)c1ccccc1F. The lowest BCUT2D eigenvalue weighted by Crippen LogP contribution is -2.05. The highest BCUT2D eigenvalue weighted by Crippen LogP contribution is 2.11. The fourth-order valence-corrected chi connectivity index (χ4v) is 1.92. The van der Waals surface area contributed by atoms with E-state index in [1.54, 1.807) is 12.1 Å². The van der Waals surface area contributed by atoms with Crippen LogP contribution in [0.5, 0.6) is 0 Å². The van der Waals surface area contributed by atoms with Crippen molar-refractivity contribution in [2.75, 3.05) is 18.1 Å². The number of rotatable bonds is 6. The van der Waals surface area contributed by atoms with E-state index in [1.165, 1.54) is 23.9 Å². The number of carbonyl (C=O) groups is 1. The van der Waals surface area contributed by atoms with Gasteiger partial charge in [0.05, 0.1) is 11.3 Å². The Labute approximate surface area is 92.5 Å². The monoisotopic (exact) mass is 228 g/mol. The molecule has 0 saturated carbocycles. The van der Waals surface area contributed by atoms with Gasteiger partial charge in [-0.1, -0.05) is 12.1 Å². The molecule has 0 radical (unpaired) electrons. The van der Waals surface area contributed by atoms with Crippen molar-refractivity contribution >= 4 is 17.5 Å². The molecule has 0 atom stereocenters. The Morgan fingerprint density at radius 3 is 2.80 bits per heavy atom. The molecule has 1 N–H and O–H groups in total. The van der Waals surface area contributed by atoms with Gasteiger partial charge in [0, 0.05) is 6.61 Å². The standard InChI is InChI=1S/C11H13FO2S/c12-10-5-2-1-4-9(10)11(14)8-15-7-3-6-13/h1-2,4-5,13H,3,6-8H2. The lowest BCUT2D eigenvalue weighted by molar-refractivity contribution is 0.101. The summed E-state index contributed by atoms with van der Waals surface area (Å²) in [5.74, 6) is 0.318. The first-order valence-corrected chi connectivity index (χ1v) is 5.87. The lowest BCUT2D eigenvalue weighted by atomic mass is 10.1. The number of Topliss-reactive ketones (excluding diaryl/α,β-unsaturated/α-hetero) is 1. The molecule has 0 aliphatic carbocycles. The summed E-state index contributed by atoms with van der Waals surface area (Å²) in [4.78, 5) is 11.5. The number of benzene rings is 1. The van der Waals surface area contributed by atoms with Crippen LogP contribution in [-0.2, 0) is 0 Å². The van der Waals surface area contributed by atoms with Gasteiger partial charge in [0.2, 0.25) is 0 Å². The third-order valence-corrected chi connectivity index (χ3v) is 2.90. The maximum absolute atomic E-state index is 13.1. The second kappa shape index (κ2) is 6.58. The van der Waals surface area contributed by atoms with Gasteiger partial charge in [-0.25, -0.2) is 4.39 Å². The first-order valence-electron chi connectivity index (χ1n) is 4.72. The Morgan fingerprint density at radius 1 is 1.40 bits per heavy atom. The molecule has 2 nitrogen and oxygen atoms in total. The van der Waals surface area contributed by atoms with Crippen molar-refractivity contribution in [3.63, 3.8) is 0 Å². The topological polar surface area (TPSA) is 37.3 Å². The molecular weight excluding hydrogens is 215 g/mol. The molecule has 0 bridgehead atoms. The number of aliphatic hydroxyl groups is 1. The smallest absolute Gasteiger partial charge is 0.175 e. The van der Waals surface area contributed by atoms with Gasteiger partial charge < -0.3 is 5.11 Å². The van der Waals surface area contributed by atoms with Gasteiger partial charge >= 0.3 is 0 Å². The average Bonchev–Trinajstić information content (AvgIpc) is 2.25. The molecular formula is C11H13FO2S. The summed E-state index contributed by atoms with van der Waals surface area (Å²) < 4.78 is 13.1. The molecule has 0 heterocycles. The van der Waals surface area contributed by atoms with E-state index in [4.69, 9.17) is 5.11 Å². The molecule has 1 rings (SSSR count). The molecule has 4 heteroatoms. The van der Waals surface area contributed by atoms with Crippen LogP contribution in [0, 0.1) is 5.82 Å². The molecule has 0 aromatic heterocycles. The number of carbonyl (C=O) groups excluding carboxylic acids is 1. The Hall–Kier alpha value is -0.870. The zero-order chi connectivity index (χ0) is 11.1. The molecule has 0 amide bonds. The minimum absolute atomic E-state index is 0.126. The normalized spacial score (nSPS) is 10.3. The Kier molecular flexibility index (Phi) is 5.36. The second-order valence-corrected chi connectivity index (χ2v) is 4.14. The van der Waals surface area contributed by atoms with Gasteiger partial charge in [0.1, 0.15) is 5.82 Å². The van der Waals surface area contributed by atoms with Crippen molar-refractivity contribution in [1.29, 1.82) is 0 Å². The lowest BCUT2D eigenvalue weighted by Gasteiger charge is -2.01. The first-order chi connectivity index (χ1) is 7.25. The van der Waals surface area contributed by atoms with Crippen molar-refractivity contribution < 1.29 is 14.3 Å². The molecule has 0 saturated heterocycles. The van der Waals surface area contributed by atoms with Gasteiger partial charge in [-0.2, -0.15) is 11.8 Å². The highest BCUT2D eigenvalue weighted by Gasteiger charge is 2.09. The minimum atomic E-state index is -0.467. The van der Waals surface area contributed by atoms with Gasteiger partial charge in [0.25, 0.3) is 0 Å². The number of aliphatic hydroxyl groups excluding tert-OH is 1. The molecule has 82 valence electrons. The zero-order valence-corrected chi connectivity index (χ0v) is 9.10. The molecule has 0 aliphatic heterocycles. The zero-order valence-electron chi connectivity index (χ0n) is 8.28. The molecule has 0 unspecified atom stereocenters. The Bertz CT molecular complexity index is 328. The van der Waals surface area contributed by atoms with Crippen LogP contribution in [0.1, 0.15) is 16.8 Å². The van der Waals surface area contributed by atoms with Crippen LogP contribution in [0.15, 0.2) is 24.3 Å². The molecule has 1 aromatic rings. The fraction of sp³-hybridized carbons (Fsp3) is 0.364. The van der Waals surface area contributed by atoms with E-state index >= 15 is 0 Å². The van der Waals surface area contributed by atoms with Crippen LogP contribution in [0.3, 0.4) is 0 Å². The summed E-state index contributed by atoms with van der Waals surface area (Å²) in [6.07, 6.45) is 0.662. The second-order valence-electron chi connectivity index (χ2n) is 3.03.